The first kappa shape index (κ1) is 24.7. The Balaban J connectivity index is 1.82. The molecule has 1 spiro atoms. The van der Waals surface area contributed by atoms with Crippen molar-refractivity contribution in [2.45, 2.75) is 56.9 Å². The zero-order valence-electron chi connectivity index (χ0n) is 19.5. The Labute approximate surface area is 204 Å². The predicted octanol–water partition coefficient (Wildman–Crippen LogP) is 2.57. The van der Waals surface area contributed by atoms with Gasteiger partial charge in [0.05, 0.1) is 47.9 Å². The summed E-state index contributed by atoms with van der Waals surface area (Å²) in [5.41, 5.74) is -0.674. The number of amides is 2. The molecule has 34 heavy (non-hydrogen) atoms. The maximum atomic E-state index is 14.3. The summed E-state index contributed by atoms with van der Waals surface area (Å²) in [6.07, 6.45) is 2.57. The van der Waals surface area contributed by atoms with Gasteiger partial charge in [-0.3, -0.25) is 14.4 Å². The quantitative estimate of drug-likeness (QED) is 0.422. The Kier molecular flexibility index (Phi) is 7.03. The number of para-hydroxylation sites is 1. The summed E-state index contributed by atoms with van der Waals surface area (Å²) in [6.45, 7) is 7.39. The summed E-state index contributed by atoms with van der Waals surface area (Å²) < 4.78 is 11.7. The number of benzene rings is 1. The van der Waals surface area contributed by atoms with Crippen molar-refractivity contribution in [3.63, 3.8) is 0 Å². The molecule has 0 aliphatic carbocycles. The molecular weight excluding hydrogens is 460 g/mol. The van der Waals surface area contributed by atoms with Crippen LogP contribution in [0.2, 0.25) is 5.02 Å². The Morgan fingerprint density at radius 3 is 2.76 bits per heavy atom. The lowest BCUT2D eigenvalue weighted by Crippen LogP contribution is -2.59. The highest BCUT2D eigenvalue weighted by Crippen LogP contribution is 2.59. The maximum absolute atomic E-state index is 14.3. The highest BCUT2D eigenvalue weighted by molar-refractivity contribution is 6.34. The van der Waals surface area contributed by atoms with Gasteiger partial charge in [-0.1, -0.05) is 36.7 Å². The molecule has 8 nitrogen and oxygen atoms in total. The molecule has 9 heteroatoms. The number of aliphatic hydroxyl groups excluding tert-OH is 1. The summed E-state index contributed by atoms with van der Waals surface area (Å²) in [7, 11) is 0. The molecule has 1 N–H and O–H groups in total. The SMILES string of the molecule is C=CCN(C(=O)C1N([C@@H](CC)CO)C(=O)[C@@H]2[C@H](C(=O)OCC)[C@@H]3CCC12O3)c1ccccc1Cl. The van der Waals surface area contributed by atoms with Crippen LogP contribution in [-0.4, -0.2) is 71.3 Å². The molecule has 0 saturated carbocycles. The molecular formula is C25H31ClN2O6. The molecule has 3 fully saturated rings. The normalized spacial score (nSPS) is 30.2. The van der Waals surface area contributed by atoms with Gasteiger partial charge < -0.3 is 24.4 Å². The lowest BCUT2D eigenvalue weighted by molar-refractivity contribution is -0.155. The molecule has 4 rings (SSSR count). The summed E-state index contributed by atoms with van der Waals surface area (Å²) in [5, 5.41) is 10.5. The van der Waals surface area contributed by atoms with E-state index in [1.165, 1.54) is 9.80 Å². The van der Waals surface area contributed by atoms with Crippen LogP contribution in [0.4, 0.5) is 5.69 Å². The topological polar surface area (TPSA) is 96.4 Å². The van der Waals surface area contributed by atoms with Crippen molar-refractivity contribution >= 4 is 35.1 Å². The molecule has 3 aliphatic heterocycles. The second-order valence-electron chi connectivity index (χ2n) is 8.99. The van der Waals surface area contributed by atoms with E-state index in [9.17, 15) is 19.5 Å². The minimum absolute atomic E-state index is 0.169. The van der Waals surface area contributed by atoms with E-state index in [4.69, 9.17) is 21.1 Å². The Morgan fingerprint density at radius 1 is 1.41 bits per heavy atom. The third-order valence-corrected chi connectivity index (χ3v) is 7.65. The van der Waals surface area contributed by atoms with Gasteiger partial charge >= 0.3 is 5.97 Å². The van der Waals surface area contributed by atoms with Crippen molar-refractivity contribution in [1.82, 2.24) is 4.90 Å². The van der Waals surface area contributed by atoms with Crippen LogP contribution < -0.4 is 4.90 Å². The zero-order chi connectivity index (χ0) is 24.6. The molecule has 3 heterocycles. The highest BCUT2D eigenvalue weighted by atomic mass is 35.5. The molecule has 1 aromatic carbocycles. The van der Waals surface area contributed by atoms with Crippen molar-refractivity contribution in [2.75, 3.05) is 24.7 Å². The first-order valence-electron chi connectivity index (χ1n) is 11.8. The third-order valence-electron chi connectivity index (χ3n) is 7.33. The van der Waals surface area contributed by atoms with Crippen LogP contribution in [0.5, 0.6) is 0 Å². The number of aliphatic hydroxyl groups is 1. The summed E-state index contributed by atoms with van der Waals surface area (Å²) >= 11 is 6.43. The monoisotopic (exact) mass is 490 g/mol. The fourth-order valence-corrected chi connectivity index (χ4v) is 6.18. The minimum atomic E-state index is -1.17. The van der Waals surface area contributed by atoms with Gasteiger partial charge in [-0.05, 0) is 38.3 Å². The summed E-state index contributed by atoms with van der Waals surface area (Å²) in [6, 6.07) is 5.37. The lowest BCUT2D eigenvalue weighted by atomic mass is 9.70. The number of fused-ring (bicyclic) bond motifs is 1. The standard InChI is InChI=1S/C25H31ClN2O6/c1-4-13-27(17-10-8-7-9-16(17)26)23(31)21-25-12-11-18(34-25)19(24(32)33-6-3)20(25)22(30)28(21)15(5-2)14-29/h4,7-10,15,18-21,29H,1,5-6,11-14H2,2-3H3/t15-,18-,19+,20-,21?,25?/m0/s1. The number of carbonyl (C=O) groups excluding carboxylic acids is 3. The third kappa shape index (κ3) is 3.63. The average molecular weight is 491 g/mol. The van der Waals surface area contributed by atoms with Gasteiger partial charge in [0.1, 0.15) is 11.6 Å². The van der Waals surface area contributed by atoms with E-state index in [0.29, 0.717) is 30.0 Å². The van der Waals surface area contributed by atoms with Crippen molar-refractivity contribution in [3.05, 3.63) is 41.9 Å². The smallest absolute Gasteiger partial charge is 0.312 e. The zero-order valence-corrected chi connectivity index (χ0v) is 20.2. The van der Waals surface area contributed by atoms with Crippen LogP contribution in [-0.2, 0) is 23.9 Å². The molecule has 2 amide bonds. The molecule has 0 radical (unpaired) electrons. The molecule has 2 unspecified atom stereocenters. The first-order chi connectivity index (χ1) is 16.4. The van der Waals surface area contributed by atoms with E-state index in [1.54, 1.807) is 37.3 Å². The second-order valence-corrected chi connectivity index (χ2v) is 9.39. The van der Waals surface area contributed by atoms with Crippen LogP contribution in [0.1, 0.15) is 33.1 Å². The number of carbonyl (C=O) groups is 3. The predicted molar refractivity (Wildman–Crippen MR) is 126 cm³/mol. The van der Waals surface area contributed by atoms with Crippen LogP contribution in [0, 0.1) is 11.8 Å². The molecule has 184 valence electrons. The number of hydrogen-bond acceptors (Lipinski definition) is 6. The van der Waals surface area contributed by atoms with Gasteiger partial charge in [-0.2, -0.15) is 0 Å². The van der Waals surface area contributed by atoms with Crippen molar-refractivity contribution < 1.29 is 29.0 Å². The molecule has 2 bridgehead atoms. The van der Waals surface area contributed by atoms with Gasteiger partial charge in [-0.25, -0.2) is 0 Å². The van der Waals surface area contributed by atoms with Crippen molar-refractivity contribution in [1.29, 1.82) is 0 Å². The van der Waals surface area contributed by atoms with E-state index in [2.05, 4.69) is 6.58 Å². The first-order valence-corrected chi connectivity index (χ1v) is 12.2. The fourth-order valence-electron chi connectivity index (χ4n) is 5.94. The fraction of sp³-hybridized carbons (Fsp3) is 0.560. The molecule has 3 aliphatic rings. The van der Waals surface area contributed by atoms with Crippen LogP contribution in [0.15, 0.2) is 36.9 Å². The summed E-state index contributed by atoms with van der Waals surface area (Å²) in [5.74, 6) is -2.81. The molecule has 6 atom stereocenters. The van der Waals surface area contributed by atoms with E-state index in [-0.39, 0.29) is 31.6 Å². The Bertz CT molecular complexity index is 982. The van der Waals surface area contributed by atoms with Gasteiger partial charge in [0.15, 0.2) is 0 Å². The number of anilines is 1. The van der Waals surface area contributed by atoms with Gasteiger partial charge in [-0.15, -0.1) is 6.58 Å². The highest BCUT2D eigenvalue weighted by Gasteiger charge is 2.75. The largest absolute Gasteiger partial charge is 0.466 e. The Morgan fingerprint density at radius 2 is 2.15 bits per heavy atom. The number of halogens is 1. The number of hydrogen-bond donors (Lipinski definition) is 1. The second kappa shape index (κ2) is 9.68. The summed E-state index contributed by atoms with van der Waals surface area (Å²) in [4.78, 5) is 43.9. The number of esters is 1. The van der Waals surface area contributed by atoms with Gasteiger partial charge in [0, 0.05) is 6.54 Å². The van der Waals surface area contributed by atoms with Crippen LogP contribution >= 0.6 is 11.6 Å². The number of rotatable bonds is 9. The van der Waals surface area contributed by atoms with Crippen molar-refractivity contribution in [2.24, 2.45) is 11.8 Å². The average Bonchev–Trinajstić information content (AvgIpc) is 3.47. The van der Waals surface area contributed by atoms with Crippen LogP contribution in [0.25, 0.3) is 0 Å². The lowest BCUT2D eigenvalue weighted by Gasteiger charge is -2.39. The van der Waals surface area contributed by atoms with Gasteiger partial charge in [0.2, 0.25) is 5.91 Å². The Hall–Kier alpha value is -2.42. The van der Waals surface area contributed by atoms with Crippen LogP contribution in [0.3, 0.4) is 0 Å². The van der Waals surface area contributed by atoms with Gasteiger partial charge in [0.25, 0.3) is 5.91 Å². The number of ether oxygens (including phenoxy) is 2. The van der Waals surface area contributed by atoms with E-state index in [0.717, 1.165) is 0 Å². The van der Waals surface area contributed by atoms with Crippen molar-refractivity contribution in [3.8, 4) is 0 Å². The van der Waals surface area contributed by atoms with E-state index < -0.39 is 41.6 Å². The maximum Gasteiger partial charge on any atom is 0.312 e. The molecule has 3 saturated heterocycles. The minimum Gasteiger partial charge on any atom is -0.466 e. The molecule has 0 aromatic heterocycles. The van der Waals surface area contributed by atoms with E-state index in [1.807, 2.05) is 6.92 Å². The molecule has 1 aromatic rings. The number of nitrogens with zero attached hydrogens (tertiary/aromatic N) is 2. The number of likely N-dealkylation sites (tertiary alicyclic amines) is 1. The van der Waals surface area contributed by atoms with E-state index >= 15 is 0 Å².